The number of aryl methyl sites for hydroxylation is 1. The zero-order valence-corrected chi connectivity index (χ0v) is 14.3. The number of carbonyl (C=O) groups is 1. The predicted octanol–water partition coefficient (Wildman–Crippen LogP) is 5.40. The van der Waals surface area contributed by atoms with Crippen molar-refractivity contribution in [3.8, 4) is 11.3 Å². The molecular weight excluding hydrogens is 347 g/mol. The normalized spacial score (nSPS) is 10.6. The lowest BCUT2D eigenvalue weighted by atomic mass is 10.2. The lowest BCUT2D eigenvalue weighted by molar-refractivity contribution is 0.0997. The molecule has 6 heteroatoms. The summed E-state index contributed by atoms with van der Waals surface area (Å²) >= 11 is 12.0. The maximum atomic E-state index is 12.3. The van der Waals surface area contributed by atoms with Gasteiger partial charge >= 0.3 is 0 Å². The highest BCUT2D eigenvalue weighted by molar-refractivity contribution is 6.36. The number of hydrogen-bond acceptors (Lipinski definition) is 3. The van der Waals surface area contributed by atoms with Crippen LogP contribution in [0.2, 0.25) is 10.0 Å². The van der Waals surface area contributed by atoms with Gasteiger partial charge in [-0.05, 0) is 55.0 Å². The Bertz CT molecular complexity index is 919. The first-order valence-corrected chi connectivity index (χ1v) is 7.92. The monoisotopic (exact) mass is 360 g/mol. The number of hydrogen-bond donors (Lipinski definition) is 2. The van der Waals surface area contributed by atoms with Gasteiger partial charge in [-0.2, -0.15) is 0 Å². The lowest BCUT2D eigenvalue weighted by Gasteiger charge is -2.07. The van der Waals surface area contributed by atoms with Crippen LogP contribution in [0.1, 0.15) is 16.1 Å². The van der Waals surface area contributed by atoms with E-state index in [9.17, 15) is 4.79 Å². The second-order valence-electron chi connectivity index (χ2n) is 5.33. The van der Waals surface area contributed by atoms with E-state index < -0.39 is 0 Å². The molecule has 3 N–H and O–H groups in total. The van der Waals surface area contributed by atoms with E-state index in [2.05, 4.69) is 5.32 Å². The quantitative estimate of drug-likeness (QED) is 0.614. The highest BCUT2D eigenvalue weighted by atomic mass is 35.5. The highest BCUT2D eigenvalue weighted by Gasteiger charge is 2.15. The molecule has 0 unspecified atom stereocenters. The summed E-state index contributed by atoms with van der Waals surface area (Å²) in [6, 6.07) is 13.7. The van der Waals surface area contributed by atoms with Gasteiger partial charge in [-0.3, -0.25) is 4.79 Å². The molecule has 24 heavy (non-hydrogen) atoms. The molecule has 0 fully saturated rings. The Morgan fingerprint density at radius 3 is 2.58 bits per heavy atom. The Hall–Kier alpha value is -2.43. The highest BCUT2D eigenvalue weighted by Crippen LogP contribution is 2.31. The number of anilines is 2. The zero-order chi connectivity index (χ0) is 17.3. The third kappa shape index (κ3) is 3.40. The molecule has 1 amide bonds. The summed E-state index contributed by atoms with van der Waals surface area (Å²) in [5, 5.41) is 3.71. The van der Waals surface area contributed by atoms with Gasteiger partial charge in [-0.25, -0.2) is 0 Å². The number of nitrogen functional groups attached to an aromatic ring is 1. The van der Waals surface area contributed by atoms with Gasteiger partial charge in [-0.1, -0.05) is 29.3 Å². The van der Waals surface area contributed by atoms with Crippen LogP contribution in [0.15, 0.2) is 52.9 Å². The molecular formula is C18H14Cl2N2O2. The molecule has 0 aliphatic heterocycles. The Morgan fingerprint density at radius 1 is 1.08 bits per heavy atom. The van der Waals surface area contributed by atoms with Crippen LogP contribution in [-0.2, 0) is 0 Å². The first-order valence-electron chi connectivity index (χ1n) is 7.17. The largest absolute Gasteiger partial charge is 0.451 e. The first-order chi connectivity index (χ1) is 11.4. The summed E-state index contributed by atoms with van der Waals surface area (Å²) in [7, 11) is 0. The van der Waals surface area contributed by atoms with E-state index >= 15 is 0 Å². The Morgan fingerprint density at radius 2 is 1.88 bits per heavy atom. The number of carbonyl (C=O) groups excluding carboxylic acids is 1. The molecule has 0 saturated carbocycles. The van der Waals surface area contributed by atoms with E-state index in [1.807, 2.05) is 13.0 Å². The van der Waals surface area contributed by atoms with Crippen LogP contribution < -0.4 is 11.1 Å². The van der Waals surface area contributed by atoms with Crippen LogP contribution in [0.5, 0.6) is 0 Å². The van der Waals surface area contributed by atoms with E-state index in [1.54, 1.807) is 42.5 Å². The van der Waals surface area contributed by atoms with E-state index in [0.29, 0.717) is 32.7 Å². The van der Waals surface area contributed by atoms with Crippen LogP contribution in [0.25, 0.3) is 11.3 Å². The van der Waals surface area contributed by atoms with Gasteiger partial charge < -0.3 is 15.5 Å². The molecule has 3 rings (SSSR count). The topological polar surface area (TPSA) is 68.3 Å². The van der Waals surface area contributed by atoms with Gasteiger partial charge in [0.05, 0.1) is 16.4 Å². The van der Waals surface area contributed by atoms with Crippen molar-refractivity contribution in [2.45, 2.75) is 6.92 Å². The Kier molecular flexibility index (Phi) is 4.51. The molecule has 4 nitrogen and oxygen atoms in total. The lowest BCUT2D eigenvalue weighted by Crippen LogP contribution is -2.12. The minimum atomic E-state index is -0.387. The van der Waals surface area contributed by atoms with E-state index in [-0.39, 0.29) is 11.7 Å². The summed E-state index contributed by atoms with van der Waals surface area (Å²) < 4.78 is 5.61. The third-order valence-corrected chi connectivity index (χ3v) is 4.03. The molecule has 0 saturated heterocycles. The van der Waals surface area contributed by atoms with Crippen LogP contribution in [-0.4, -0.2) is 5.91 Å². The van der Waals surface area contributed by atoms with Gasteiger partial charge in [0.2, 0.25) is 0 Å². The standard InChI is InChI=1S/C18H14Cl2N2O2/c1-10-2-5-15(14(21)8-10)22-18(23)17-7-6-16(24-17)12-4-3-11(19)9-13(12)20/h2-9H,21H2,1H3,(H,22,23). The minimum absolute atomic E-state index is 0.163. The van der Waals surface area contributed by atoms with Gasteiger partial charge in [0.15, 0.2) is 5.76 Å². The summed E-state index contributed by atoms with van der Waals surface area (Å²) in [6.45, 7) is 1.93. The number of nitrogens with one attached hydrogen (secondary N) is 1. The van der Waals surface area contributed by atoms with Gasteiger partial charge in [0.1, 0.15) is 5.76 Å². The third-order valence-electron chi connectivity index (χ3n) is 3.48. The van der Waals surface area contributed by atoms with Crippen LogP contribution in [0.4, 0.5) is 11.4 Å². The van der Waals surface area contributed by atoms with E-state index in [1.165, 1.54) is 0 Å². The number of nitrogens with two attached hydrogens (primary N) is 1. The van der Waals surface area contributed by atoms with Gasteiger partial charge in [0.25, 0.3) is 5.91 Å². The summed E-state index contributed by atoms with van der Waals surface area (Å²) in [5.74, 6) is 0.261. The molecule has 0 bridgehead atoms. The predicted molar refractivity (Wildman–Crippen MR) is 97.7 cm³/mol. The van der Waals surface area contributed by atoms with E-state index in [4.69, 9.17) is 33.4 Å². The Balaban J connectivity index is 1.83. The maximum absolute atomic E-state index is 12.3. The maximum Gasteiger partial charge on any atom is 0.291 e. The summed E-state index contributed by atoms with van der Waals surface area (Å²) in [4.78, 5) is 12.3. The summed E-state index contributed by atoms with van der Waals surface area (Å²) in [6.07, 6.45) is 0. The van der Waals surface area contributed by atoms with Crippen molar-refractivity contribution in [3.05, 3.63) is 69.9 Å². The fraction of sp³-hybridized carbons (Fsp3) is 0.0556. The second kappa shape index (κ2) is 6.59. The van der Waals surface area contributed by atoms with Crippen LogP contribution >= 0.6 is 23.2 Å². The van der Waals surface area contributed by atoms with Gasteiger partial charge in [0, 0.05) is 10.6 Å². The van der Waals surface area contributed by atoms with Crippen molar-refractivity contribution in [3.63, 3.8) is 0 Å². The van der Waals surface area contributed by atoms with Crippen LogP contribution in [0.3, 0.4) is 0 Å². The molecule has 1 heterocycles. The molecule has 1 aromatic heterocycles. The molecule has 0 atom stereocenters. The average molecular weight is 361 g/mol. The molecule has 0 spiro atoms. The first kappa shape index (κ1) is 16.4. The number of halogens is 2. The van der Waals surface area contributed by atoms with Crippen molar-refractivity contribution in [1.29, 1.82) is 0 Å². The van der Waals surface area contributed by atoms with Crippen molar-refractivity contribution >= 4 is 40.5 Å². The smallest absolute Gasteiger partial charge is 0.291 e. The number of amides is 1. The van der Waals surface area contributed by atoms with E-state index in [0.717, 1.165) is 5.56 Å². The molecule has 0 aliphatic carbocycles. The SMILES string of the molecule is Cc1ccc(NC(=O)c2ccc(-c3ccc(Cl)cc3Cl)o2)c(N)c1. The number of rotatable bonds is 3. The molecule has 0 aliphatic rings. The van der Waals surface area contributed by atoms with Crippen molar-refractivity contribution in [2.75, 3.05) is 11.1 Å². The fourth-order valence-electron chi connectivity index (χ4n) is 2.27. The number of furan rings is 1. The number of benzene rings is 2. The fourth-order valence-corrected chi connectivity index (χ4v) is 2.78. The Labute approximate surface area is 149 Å². The summed E-state index contributed by atoms with van der Waals surface area (Å²) in [5.41, 5.74) is 8.61. The second-order valence-corrected chi connectivity index (χ2v) is 6.18. The molecule has 2 aromatic carbocycles. The molecule has 122 valence electrons. The van der Waals surface area contributed by atoms with Crippen molar-refractivity contribution in [2.24, 2.45) is 0 Å². The molecule has 3 aromatic rings. The van der Waals surface area contributed by atoms with Crippen molar-refractivity contribution < 1.29 is 9.21 Å². The zero-order valence-electron chi connectivity index (χ0n) is 12.8. The average Bonchev–Trinajstić information content (AvgIpc) is 3.00. The van der Waals surface area contributed by atoms with Crippen molar-refractivity contribution in [1.82, 2.24) is 0 Å². The molecule has 0 radical (unpaired) electrons. The van der Waals surface area contributed by atoms with Crippen LogP contribution in [0, 0.1) is 6.92 Å². The van der Waals surface area contributed by atoms with Gasteiger partial charge in [-0.15, -0.1) is 0 Å². The minimum Gasteiger partial charge on any atom is -0.451 e.